The zero-order valence-corrected chi connectivity index (χ0v) is 52.1. The second kappa shape index (κ2) is 30.6. The number of carbonyl (C=O) groups is 3. The molecule has 0 aromatic heterocycles. The molecule has 4 atom stereocenters. The molecule has 16 heteroatoms. The summed E-state index contributed by atoms with van der Waals surface area (Å²) in [5.41, 5.74) is 6.12. The van der Waals surface area contributed by atoms with Crippen LogP contribution >= 0.6 is 0 Å². The molecule has 10 nitrogen and oxygen atoms in total. The number of phenols is 1. The molecule has 1 aliphatic carbocycles. The Labute approximate surface area is 511 Å². The Morgan fingerprint density at radius 3 is 1.44 bits per heavy atom. The number of hydrogen-bond donors (Lipinski definition) is 2. The Bertz CT molecular complexity index is 3700. The van der Waals surface area contributed by atoms with Gasteiger partial charge < -0.3 is 24.2 Å². The Morgan fingerprint density at radius 1 is 0.563 bits per heavy atom. The van der Waals surface area contributed by atoms with Crippen LogP contribution in [0.2, 0.25) is 0 Å². The Kier molecular flexibility index (Phi) is 24.0. The quantitative estimate of drug-likeness (QED) is 0.0283. The number of ketones is 2. The van der Waals surface area contributed by atoms with Crippen LogP contribution in [0.3, 0.4) is 0 Å². The summed E-state index contributed by atoms with van der Waals surface area (Å²) in [7, 11) is -5.88. The molecule has 10 rings (SSSR count). The fourth-order valence-corrected chi connectivity index (χ4v) is 11.9. The van der Waals surface area contributed by atoms with E-state index < -0.39 is 55.6 Å². The van der Waals surface area contributed by atoms with Crippen molar-refractivity contribution in [3.63, 3.8) is 0 Å². The highest BCUT2D eigenvalue weighted by atomic mass is 32.2. The smallest absolute Gasteiger partial charge is 0.311 e. The molecule has 87 heavy (non-hydrogen) atoms. The van der Waals surface area contributed by atoms with Crippen molar-refractivity contribution in [1.29, 1.82) is 0 Å². The maximum absolute atomic E-state index is 13.6. The first kappa shape index (κ1) is 68.2. The first-order valence-electron chi connectivity index (χ1n) is 28.9. The number of aliphatic hydroxyl groups is 1. The number of halogens is 4. The van der Waals surface area contributed by atoms with Crippen molar-refractivity contribution in [2.45, 2.75) is 144 Å². The van der Waals surface area contributed by atoms with E-state index in [9.17, 15) is 50.0 Å². The highest BCUT2D eigenvalue weighted by molar-refractivity contribution is 7.97. The highest BCUT2D eigenvalue weighted by Crippen LogP contribution is 2.46. The van der Waals surface area contributed by atoms with Gasteiger partial charge in [-0.2, -0.15) is 8.78 Å². The Hall–Kier alpha value is -7.89. The molecule has 0 spiro atoms. The van der Waals surface area contributed by atoms with Crippen LogP contribution in [0.1, 0.15) is 173 Å². The van der Waals surface area contributed by atoms with E-state index in [-0.39, 0.29) is 34.8 Å². The lowest BCUT2D eigenvalue weighted by Crippen LogP contribution is -2.21. The summed E-state index contributed by atoms with van der Waals surface area (Å²) in [5, 5.41) is 18.8. The number of fused-ring (bicyclic) bond motifs is 4. The van der Waals surface area contributed by atoms with Crippen molar-refractivity contribution in [1.82, 2.24) is 0 Å². The molecule has 0 saturated carbocycles. The zero-order chi connectivity index (χ0) is 63.9. The summed E-state index contributed by atoms with van der Waals surface area (Å²) in [5.74, 6) is -8.76. The average molecular weight is 1230 g/mol. The van der Waals surface area contributed by atoms with E-state index in [0.29, 0.717) is 52.2 Å². The van der Waals surface area contributed by atoms with Gasteiger partial charge in [0, 0.05) is 28.7 Å². The van der Waals surface area contributed by atoms with Crippen molar-refractivity contribution in [2.24, 2.45) is 5.92 Å². The van der Waals surface area contributed by atoms with Gasteiger partial charge in [0.05, 0.1) is 5.60 Å². The molecular weight excluding hydrogens is 1150 g/mol. The van der Waals surface area contributed by atoms with Gasteiger partial charge in [0.2, 0.25) is 27.2 Å². The van der Waals surface area contributed by atoms with Crippen LogP contribution in [-0.4, -0.2) is 40.7 Å². The van der Waals surface area contributed by atoms with Gasteiger partial charge in [0.25, 0.3) is 0 Å². The summed E-state index contributed by atoms with van der Waals surface area (Å²) in [6.45, 7) is 20.0. The van der Waals surface area contributed by atoms with Crippen molar-refractivity contribution in [2.75, 3.05) is 0 Å². The number of aromatic hydroxyl groups is 1. The van der Waals surface area contributed by atoms with Gasteiger partial charge in [-0.3, -0.25) is 14.4 Å². The Morgan fingerprint density at radius 2 is 0.977 bits per heavy atom. The van der Waals surface area contributed by atoms with E-state index in [4.69, 9.17) is 9.84 Å². The summed E-state index contributed by atoms with van der Waals surface area (Å²) in [4.78, 5) is 38.0. The number of esters is 1. The standard InChI is InChI=1S/C18H16O2.C18H13OS.C13H20O.C12H12F4O5S.C10H14O/c1-3-11(2)12-8-9-15-16(10-12)18(20)14-7-5-4-6-13(14)17(15)19;1-2-8-14(9-3-1)20-17-12-6-4-10-15(17)19-16-11-5-7-13-18(16)20;1-5-10(2)11-6-8-12(9-7-11)13(3,4)14;1-3-5(2)4-6(17)21-11-7(13)9(15)12(22(18,19)20)10(16)8(11)14;1-3-8(2)9-4-6-10(11)7-5-9/h4-11H,3H2,1-2H3;1-13H;6-10,14H,5H2,1-4H3;5H,3-4H2,1-2H3,(H,18,19,20);4-8,11H,3H2,1-2H3/q;+1;;;/p-1. The monoisotopic (exact) mass is 1230 g/mol. The first-order chi connectivity index (χ1) is 41.2. The van der Waals surface area contributed by atoms with Crippen LogP contribution in [0.25, 0.3) is 0 Å². The number of benzene rings is 8. The van der Waals surface area contributed by atoms with E-state index in [2.05, 4.69) is 113 Å². The van der Waals surface area contributed by atoms with Crippen LogP contribution < -0.4 is 9.47 Å². The zero-order valence-electron chi connectivity index (χ0n) is 50.5. The number of ether oxygens (including phenoxy) is 2. The third kappa shape index (κ3) is 17.2. The second-order valence-electron chi connectivity index (χ2n) is 21.9. The van der Waals surface area contributed by atoms with Crippen molar-refractivity contribution < 1.29 is 64.6 Å². The normalized spacial score (nSPS) is 13.6. The molecule has 0 bridgehead atoms. The Balaban J connectivity index is 0.000000177. The van der Waals surface area contributed by atoms with E-state index in [0.717, 1.165) is 41.9 Å². The molecule has 0 radical (unpaired) electrons. The van der Waals surface area contributed by atoms with Crippen molar-refractivity contribution >= 4 is 38.5 Å². The van der Waals surface area contributed by atoms with Gasteiger partial charge in [0.15, 0.2) is 39.6 Å². The van der Waals surface area contributed by atoms with E-state index in [1.54, 1.807) is 56.3 Å². The van der Waals surface area contributed by atoms with Crippen LogP contribution in [0.15, 0.2) is 189 Å². The largest absolute Gasteiger partial charge is 0.744 e. The fourth-order valence-electron chi connectivity index (χ4n) is 9.09. The van der Waals surface area contributed by atoms with Crippen LogP contribution in [0.4, 0.5) is 17.6 Å². The predicted molar refractivity (Wildman–Crippen MR) is 331 cm³/mol. The molecule has 0 amide bonds. The van der Waals surface area contributed by atoms with Gasteiger partial charge in [-0.05, 0) is 134 Å². The second-order valence-corrected chi connectivity index (χ2v) is 25.2. The molecule has 2 N–H and O–H groups in total. The van der Waals surface area contributed by atoms with Crippen molar-refractivity contribution in [3.8, 4) is 23.0 Å². The number of carbonyl (C=O) groups excluding carboxylic acids is 3. The van der Waals surface area contributed by atoms with Crippen LogP contribution in [0, 0.1) is 29.2 Å². The molecule has 4 unspecified atom stereocenters. The molecule has 8 aromatic rings. The molecule has 0 saturated heterocycles. The minimum atomic E-state index is -5.80. The molecule has 1 aliphatic heterocycles. The summed E-state index contributed by atoms with van der Waals surface area (Å²) < 4.78 is 96.1. The van der Waals surface area contributed by atoms with E-state index >= 15 is 0 Å². The van der Waals surface area contributed by atoms with Gasteiger partial charge in [-0.15, -0.1) is 0 Å². The topological polar surface area (TPSA) is 167 Å². The highest BCUT2D eigenvalue weighted by Gasteiger charge is 2.39. The molecule has 1 heterocycles. The molecule has 458 valence electrons. The number of rotatable bonds is 13. The van der Waals surface area contributed by atoms with Crippen LogP contribution in [-0.2, 0) is 31.4 Å². The van der Waals surface area contributed by atoms with E-state index in [1.807, 2.05) is 74.5 Å². The van der Waals surface area contributed by atoms with Gasteiger partial charge >= 0.3 is 5.97 Å². The molecule has 0 fully saturated rings. The SMILES string of the molecule is CCC(C)CC(=O)Oc1c(F)c(F)c(S(=O)(=O)[O-])c(F)c1F.CCC(C)c1ccc(C(C)(C)O)cc1.CCC(C)c1ccc(O)cc1.CCC(C)c1ccc2c(c1)C(=O)c1ccccc1C2=O.c1ccc([S+]2c3ccccc3Oc3ccccc32)cc1. The van der Waals surface area contributed by atoms with E-state index in [1.165, 1.54) is 25.8 Å². The maximum Gasteiger partial charge on any atom is 0.311 e. The molecule has 2 aliphatic rings. The molecule has 8 aromatic carbocycles. The lowest BCUT2D eigenvalue weighted by atomic mass is 9.82. The summed E-state index contributed by atoms with van der Waals surface area (Å²) in [6.07, 6.45) is 3.57. The maximum atomic E-state index is 13.6. The number of hydrogen-bond acceptors (Lipinski definition) is 10. The number of phenolic OH excluding ortho intramolecular Hbond substituents is 1. The summed E-state index contributed by atoms with van der Waals surface area (Å²) in [6, 6.07) is 55.7. The fraction of sp³-hybridized carbons (Fsp3) is 0.282. The minimum Gasteiger partial charge on any atom is -0.744 e. The third-order valence-corrected chi connectivity index (χ3v) is 18.4. The predicted octanol–water partition coefficient (Wildman–Crippen LogP) is 17.7. The third-order valence-electron chi connectivity index (χ3n) is 15.2. The lowest BCUT2D eigenvalue weighted by Gasteiger charge is -2.19. The molecular formula is C71H74F4O10S2. The van der Waals surface area contributed by atoms with Crippen molar-refractivity contribution in [3.05, 3.63) is 238 Å². The number of para-hydroxylation sites is 2. The summed E-state index contributed by atoms with van der Waals surface area (Å²) >= 11 is 0. The first-order valence-corrected chi connectivity index (χ1v) is 31.5. The minimum absolute atomic E-state index is 0.0413. The van der Waals surface area contributed by atoms with Gasteiger partial charge in [-0.1, -0.05) is 177 Å². The lowest BCUT2D eigenvalue weighted by molar-refractivity contribution is -0.135. The van der Waals surface area contributed by atoms with Gasteiger partial charge in [-0.25, -0.2) is 17.2 Å². The average Bonchev–Trinajstić information content (AvgIpc) is 0.945. The van der Waals surface area contributed by atoms with Crippen LogP contribution in [0.5, 0.6) is 23.0 Å². The van der Waals surface area contributed by atoms with Gasteiger partial charge in [0.1, 0.15) is 31.7 Å².